The molecule has 0 amide bonds. The predicted octanol–water partition coefficient (Wildman–Crippen LogP) is 2.79. The first kappa shape index (κ1) is 14.4. The average Bonchev–Trinajstić information content (AvgIpc) is 2.94. The van der Waals surface area contributed by atoms with Gasteiger partial charge in [-0.1, -0.05) is 6.07 Å². The van der Waals surface area contributed by atoms with Crippen molar-refractivity contribution in [2.24, 2.45) is 5.73 Å². The molecule has 0 aliphatic carbocycles. The average molecular weight is 297 g/mol. The number of imidazole rings is 1. The molecule has 5 nitrogen and oxygen atoms in total. The van der Waals surface area contributed by atoms with Gasteiger partial charge in [0.1, 0.15) is 5.65 Å². The van der Waals surface area contributed by atoms with E-state index >= 15 is 0 Å². The van der Waals surface area contributed by atoms with Crippen LogP contribution in [0.5, 0.6) is 11.5 Å². The fourth-order valence-electron chi connectivity index (χ4n) is 2.66. The standard InChI is InChI=1S/C17H19N3O2/c1-11-5-4-8-20-13(10-18)16(19-17(11)20)12-6-7-14(21-2)15(9-12)22-3/h4-9H,10,18H2,1-3H3. The van der Waals surface area contributed by atoms with Gasteiger partial charge in [0.05, 0.1) is 25.6 Å². The number of aryl methyl sites for hydroxylation is 1. The molecule has 2 N–H and O–H groups in total. The fourth-order valence-corrected chi connectivity index (χ4v) is 2.66. The Kier molecular flexibility index (Phi) is 3.73. The SMILES string of the molecule is COc1ccc(-c2nc3c(C)cccn3c2CN)cc1OC. The molecule has 0 aliphatic heterocycles. The second-order valence-corrected chi connectivity index (χ2v) is 5.07. The highest BCUT2D eigenvalue weighted by Gasteiger charge is 2.15. The van der Waals surface area contributed by atoms with Crippen LogP contribution in [0, 0.1) is 6.92 Å². The van der Waals surface area contributed by atoms with Gasteiger partial charge < -0.3 is 19.6 Å². The summed E-state index contributed by atoms with van der Waals surface area (Å²) in [4.78, 5) is 4.77. The van der Waals surface area contributed by atoms with Crippen LogP contribution in [-0.4, -0.2) is 23.6 Å². The lowest BCUT2D eigenvalue weighted by Crippen LogP contribution is -2.02. The largest absolute Gasteiger partial charge is 0.493 e. The van der Waals surface area contributed by atoms with E-state index < -0.39 is 0 Å². The lowest BCUT2D eigenvalue weighted by Gasteiger charge is -2.09. The van der Waals surface area contributed by atoms with Gasteiger partial charge in [-0.15, -0.1) is 0 Å². The van der Waals surface area contributed by atoms with Crippen LogP contribution in [0.2, 0.25) is 0 Å². The molecule has 0 saturated heterocycles. The molecule has 0 spiro atoms. The zero-order valence-electron chi connectivity index (χ0n) is 13.0. The number of nitrogens with zero attached hydrogens (tertiary/aromatic N) is 2. The summed E-state index contributed by atoms with van der Waals surface area (Å²) in [5.74, 6) is 1.37. The Balaban J connectivity index is 2.24. The molecule has 3 rings (SSSR count). The van der Waals surface area contributed by atoms with Gasteiger partial charge in [0.25, 0.3) is 0 Å². The molecule has 2 heterocycles. The predicted molar refractivity (Wildman–Crippen MR) is 86.4 cm³/mol. The van der Waals surface area contributed by atoms with Crippen molar-refractivity contribution in [1.29, 1.82) is 0 Å². The Morgan fingerprint density at radius 3 is 2.59 bits per heavy atom. The fraction of sp³-hybridized carbons (Fsp3) is 0.235. The monoisotopic (exact) mass is 297 g/mol. The van der Waals surface area contributed by atoms with Crippen LogP contribution in [-0.2, 0) is 6.54 Å². The third-order valence-corrected chi connectivity index (χ3v) is 3.79. The van der Waals surface area contributed by atoms with Gasteiger partial charge in [-0.05, 0) is 36.8 Å². The summed E-state index contributed by atoms with van der Waals surface area (Å²) in [5, 5.41) is 0. The molecule has 3 aromatic rings. The topological polar surface area (TPSA) is 61.8 Å². The van der Waals surface area contributed by atoms with E-state index in [1.807, 2.05) is 47.9 Å². The van der Waals surface area contributed by atoms with Crippen LogP contribution in [0.3, 0.4) is 0 Å². The summed E-state index contributed by atoms with van der Waals surface area (Å²) in [5.41, 5.74) is 10.8. The van der Waals surface area contributed by atoms with Gasteiger partial charge in [0.2, 0.25) is 0 Å². The van der Waals surface area contributed by atoms with E-state index in [2.05, 4.69) is 0 Å². The van der Waals surface area contributed by atoms with Gasteiger partial charge in [0.15, 0.2) is 11.5 Å². The van der Waals surface area contributed by atoms with E-state index in [1.165, 1.54) is 0 Å². The molecule has 2 aromatic heterocycles. The van der Waals surface area contributed by atoms with E-state index in [0.717, 1.165) is 28.2 Å². The first-order chi connectivity index (χ1) is 10.7. The highest BCUT2D eigenvalue weighted by molar-refractivity contribution is 5.70. The van der Waals surface area contributed by atoms with Crippen molar-refractivity contribution in [2.45, 2.75) is 13.5 Å². The smallest absolute Gasteiger partial charge is 0.161 e. The molecule has 22 heavy (non-hydrogen) atoms. The summed E-state index contributed by atoms with van der Waals surface area (Å²) in [7, 11) is 3.25. The van der Waals surface area contributed by atoms with Crippen molar-refractivity contribution in [2.75, 3.05) is 14.2 Å². The summed E-state index contributed by atoms with van der Waals surface area (Å²) in [6.07, 6.45) is 1.99. The molecule has 0 atom stereocenters. The Hall–Kier alpha value is -2.53. The minimum Gasteiger partial charge on any atom is -0.493 e. The van der Waals surface area contributed by atoms with E-state index in [1.54, 1.807) is 14.2 Å². The van der Waals surface area contributed by atoms with Gasteiger partial charge in [-0.3, -0.25) is 0 Å². The van der Waals surface area contributed by atoms with Crippen molar-refractivity contribution in [1.82, 2.24) is 9.38 Å². The van der Waals surface area contributed by atoms with Gasteiger partial charge in [-0.2, -0.15) is 0 Å². The molecule has 1 aromatic carbocycles. The number of aromatic nitrogens is 2. The number of ether oxygens (including phenoxy) is 2. The Morgan fingerprint density at radius 2 is 1.91 bits per heavy atom. The summed E-state index contributed by atoms with van der Waals surface area (Å²) < 4.78 is 12.7. The number of rotatable bonds is 4. The quantitative estimate of drug-likeness (QED) is 0.804. The van der Waals surface area contributed by atoms with Crippen LogP contribution in [0.15, 0.2) is 36.5 Å². The third kappa shape index (κ3) is 2.19. The summed E-state index contributed by atoms with van der Waals surface area (Å²) in [6.45, 7) is 2.45. The number of fused-ring (bicyclic) bond motifs is 1. The van der Waals surface area contributed by atoms with Gasteiger partial charge >= 0.3 is 0 Å². The van der Waals surface area contributed by atoms with Crippen LogP contribution < -0.4 is 15.2 Å². The maximum absolute atomic E-state index is 5.96. The molecule has 0 radical (unpaired) electrons. The molecule has 114 valence electrons. The van der Waals surface area contributed by atoms with E-state index in [9.17, 15) is 0 Å². The second-order valence-electron chi connectivity index (χ2n) is 5.07. The Morgan fingerprint density at radius 1 is 1.14 bits per heavy atom. The Bertz CT molecular complexity index is 824. The molecule has 0 unspecified atom stereocenters. The number of hydrogen-bond acceptors (Lipinski definition) is 4. The van der Waals surface area contributed by atoms with Crippen molar-refractivity contribution in [3.05, 3.63) is 47.8 Å². The minimum absolute atomic E-state index is 0.411. The van der Waals surface area contributed by atoms with Crippen molar-refractivity contribution >= 4 is 5.65 Å². The first-order valence-electron chi connectivity index (χ1n) is 7.08. The zero-order valence-corrected chi connectivity index (χ0v) is 13.0. The normalized spacial score (nSPS) is 10.9. The second kappa shape index (κ2) is 5.69. The highest BCUT2D eigenvalue weighted by Crippen LogP contribution is 2.33. The van der Waals surface area contributed by atoms with Crippen molar-refractivity contribution in [3.8, 4) is 22.8 Å². The van der Waals surface area contributed by atoms with E-state index in [-0.39, 0.29) is 0 Å². The number of pyridine rings is 1. The van der Waals surface area contributed by atoms with E-state index in [4.69, 9.17) is 20.2 Å². The minimum atomic E-state index is 0.411. The number of hydrogen-bond donors (Lipinski definition) is 1. The molecule has 0 aliphatic rings. The maximum atomic E-state index is 5.96. The lowest BCUT2D eigenvalue weighted by molar-refractivity contribution is 0.355. The van der Waals surface area contributed by atoms with Crippen LogP contribution in [0.25, 0.3) is 16.9 Å². The highest BCUT2D eigenvalue weighted by atomic mass is 16.5. The first-order valence-corrected chi connectivity index (χ1v) is 7.08. The maximum Gasteiger partial charge on any atom is 0.161 e. The summed E-state index contributed by atoms with van der Waals surface area (Å²) >= 11 is 0. The molecular formula is C17H19N3O2. The van der Waals surface area contributed by atoms with Gasteiger partial charge in [-0.25, -0.2) is 4.98 Å². The molecular weight excluding hydrogens is 278 g/mol. The Labute approximate surface area is 129 Å². The molecule has 5 heteroatoms. The van der Waals surface area contributed by atoms with Crippen LogP contribution in [0.1, 0.15) is 11.3 Å². The zero-order chi connectivity index (χ0) is 15.7. The third-order valence-electron chi connectivity index (χ3n) is 3.79. The van der Waals surface area contributed by atoms with Crippen LogP contribution >= 0.6 is 0 Å². The molecule has 0 saturated carbocycles. The van der Waals surface area contributed by atoms with Crippen molar-refractivity contribution < 1.29 is 9.47 Å². The van der Waals surface area contributed by atoms with Crippen LogP contribution in [0.4, 0.5) is 0 Å². The lowest BCUT2D eigenvalue weighted by atomic mass is 10.1. The van der Waals surface area contributed by atoms with Crippen molar-refractivity contribution in [3.63, 3.8) is 0 Å². The molecule has 0 bridgehead atoms. The number of nitrogens with two attached hydrogens (primary N) is 1. The molecule has 0 fully saturated rings. The summed E-state index contributed by atoms with van der Waals surface area (Å²) in [6, 6.07) is 9.82. The number of benzene rings is 1. The van der Waals surface area contributed by atoms with Gasteiger partial charge in [0, 0.05) is 18.3 Å². The van der Waals surface area contributed by atoms with E-state index in [0.29, 0.717) is 18.0 Å². The number of methoxy groups -OCH3 is 2.